The molecule has 0 aliphatic carbocycles. The molecule has 1 aromatic carbocycles. The zero-order valence-corrected chi connectivity index (χ0v) is 9.72. The predicted octanol–water partition coefficient (Wildman–Crippen LogP) is 2.51. The van der Waals surface area contributed by atoms with E-state index in [1.807, 2.05) is 6.07 Å². The van der Waals surface area contributed by atoms with Gasteiger partial charge in [-0.2, -0.15) is 0 Å². The van der Waals surface area contributed by atoms with Crippen molar-refractivity contribution in [3.8, 4) is 0 Å². The third-order valence-corrected chi connectivity index (χ3v) is 2.79. The van der Waals surface area contributed by atoms with Gasteiger partial charge in [0.2, 0.25) is 0 Å². The van der Waals surface area contributed by atoms with Crippen LogP contribution in [0.2, 0.25) is 0 Å². The van der Waals surface area contributed by atoms with Crippen molar-refractivity contribution in [2.75, 3.05) is 0 Å². The van der Waals surface area contributed by atoms with Crippen molar-refractivity contribution < 1.29 is 4.92 Å². The van der Waals surface area contributed by atoms with Crippen LogP contribution in [0.4, 0.5) is 5.69 Å². The van der Waals surface area contributed by atoms with E-state index in [2.05, 4.69) is 13.8 Å². The standard InChI is InChI=1S/C12H18N2O2/c1-9(2)11(13)8-7-10-5-3-4-6-12(10)14(15)16/h3-6,9,11H,7-8,13H2,1-2H3. The zero-order chi connectivity index (χ0) is 12.1. The number of rotatable bonds is 5. The molecular weight excluding hydrogens is 204 g/mol. The summed E-state index contributed by atoms with van der Waals surface area (Å²) < 4.78 is 0. The maximum atomic E-state index is 10.8. The monoisotopic (exact) mass is 222 g/mol. The molecule has 16 heavy (non-hydrogen) atoms. The fraction of sp³-hybridized carbons (Fsp3) is 0.500. The highest BCUT2D eigenvalue weighted by Crippen LogP contribution is 2.20. The largest absolute Gasteiger partial charge is 0.327 e. The Kier molecular flexibility index (Phi) is 4.43. The summed E-state index contributed by atoms with van der Waals surface area (Å²) in [7, 11) is 0. The van der Waals surface area contributed by atoms with Crippen molar-refractivity contribution in [3.63, 3.8) is 0 Å². The first-order valence-electron chi connectivity index (χ1n) is 5.50. The molecule has 0 bridgehead atoms. The van der Waals surface area contributed by atoms with Gasteiger partial charge in [-0.05, 0) is 18.8 Å². The highest BCUT2D eigenvalue weighted by Gasteiger charge is 2.14. The number of hydrogen-bond acceptors (Lipinski definition) is 3. The summed E-state index contributed by atoms with van der Waals surface area (Å²) in [6.07, 6.45) is 1.44. The summed E-state index contributed by atoms with van der Waals surface area (Å²) in [5, 5.41) is 10.8. The van der Waals surface area contributed by atoms with Crippen molar-refractivity contribution in [2.24, 2.45) is 11.7 Å². The predicted molar refractivity (Wildman–Crippen MR) is 64.2 cm³/mol. The molecule has 0 aromatic heterocycles. The number of para-hydroxylation sites is 1. The highest BCUT2D eigenvalue weighted by molar-refractivity contribution is 5.39. The Bertz CT molecular complexity index is 364. The second-order valence-electron chi connectivity index (χ2n) is 4.33. The van der Waals surface area contributed by atoms with Gasteiger partial charge >= 0.3 is 0 Å². The molecule has 0 fully saturated rings. The molecular formula is C12H18N2O2. The minimum atomic E-state index is -0.337. The molecule has 0 aliphatic rings. The second-order valence-corrected chi connectivity index (χ2v) is 4.33. The minimum absolute atomic E-state index is 0.0970. The molecule has 0 saturated carbocycles. The molecule has 0 radical (unpaired) electrons. The second kappa shape index (κ2) is 5.61. The van der Waals surface area contributed by atoms with Crippen LogP contribution < -0.4 is 5.73 Å². The van der Waals surface area contributed by atoms with Gasteiger partial charge in [0.05, 0.1) is 4.92 Å². The van der Waals surface area contributed by atoms with E-state index < -0.39 is 0 Å². The van der Waals surface area contributed by atoms with E-state index in [0.29, 0.717) is 12.3 Å². The van der Waals surface area contributed by atoms with Crippen LogP contribution in [0.5, 0.6) is 0 Å². The van der Waals surface area contributed by atoms with Gasteiger partial charge in [0.15, 0.2) is 0 Å². The summed E-state index contributed by atoms with van der Waals surface area (Å²) in [4.78, 5) is 10.4. The fourth-order valence-electron chi connectivity index (χ4n) is 1.56. The lowest BCUT2D eigenvalue weighted by atomic mass is 9.97. The molecule has 1 unspecified atom stereocenters. The lowest BCUT2D eigenvalue weighted by Crippen LogP contribution is -2.26. The Morgan fingerprint density at radius 3 is 2.56 bits per heavy atom. The maximum absolute atomic E-state index is 10.8. The van der Waals surface area contributed by atoms with Crippen LogP contribution in [0, 0.1) is 16.0 Å². The molecule has 2 N–H and O–H groups in total. The summed E-state index contributed by atoms with van der Waals surface area (Å²) in [6.45, 7) is 4.12. The zero-order valence-electron chi connectivity index (χ0n) is 9.72. The fourth-order valence-corrected chi connectivity index (χ4v) is 1.56. The topological polar surface area (TPSA) is 69.2 Å². The van der Waals surface area contributed by atoms with Crippen molar-refractivity contribution in [1.29, 1.82) is 0 Å². The molecule has 0 heterocycles. The Morgan fingerprint density at radius 1 is 1.38 bits per heavy atom. The molecule has 4 nitrogen and oxygen atoms in total. The Balaban J connectivity index is 2.70. The third-order valence-electron chi connectivity index (χ3n) is 2.79. The molecule has 1 rings (SSSR count). The number of nitro benzene ring substituents is 1. The lowest BCUT2D eigenvalue weighted by molar-refractivity contribution is -0.385. The van der Waals surface area contributed by atoms with Gasteiger partial charge in [-0.1, -0.05) is 32.0 Å². The average molecular weight is 222 g/mol. The first kappa shape index (κ1) is 12.6. The van der Waals surface area contributed by atoms with Gasteiger partial charge in [0, 0.05) is 17.7 Å². The van der Waals surface area contributed by atoms with Crippen LogP contribution in [0.15, 0.2) is 24.3 Å². The Hall–Kier alpha value is -1.42. The number of hydrogen-bond donors (Lipinski definition) is 1. The van der Waals surface area contributed by atoms with E-state index >= 15 is 0 Å². The van der Waals surface area contributed by atoms with E-state index in [1.165, 1.54) is 6.07 Å². The number of nitrogens with two attached hydrogens (primary N) is 1. The van der Waals surface area contributed by atoms with Gasteiger partial charge in [0.25, 0.3) is 5.69 Å². The molecule has 1 aromatic rings. The first-order chi connectivity index (χ1) is 7.52. The van der Waals surface area contributed by atoms with Gasteiger partial charge in [-0.3, -0.25) is 10.1 Å². The number of nitrogens with zero attached hydrogens (tertiary/aromatic N) is 1. The molecule has 0 amide bonds. The maximum Gasteiger partial charge on any atom is 0.272 e. The van der Waals surface area contributed by atoms with E-state index in [9.17, 15) is 10.1 Å². The summed E-state index contributed by atoms with van der Waals surface area (Å²) >= 11 is 0. The van der Waals surface area contributed by atoms with E-state index in [1.54, 1.807) is 12.1 Å². The van der Waals surface area contributed by atoms with E-state index in [0.717, 1.165) is 12.0 Å². The number of aryl methyl sites for hydroxylation is 1. The van der Waals surface area contributed by atoms with Crippen molar-refractivity contribution in [1.82, 2.24) is 0 Å². The van der Waals surface area contributed by atoms with Crippen LogP contribution in [-0.2, 0) is 6.42 Å². The minimum Gasteiger partial charge on any atom is -0.327 e. The normalized spacial score (nSPS) is 12.8. The molecule has 1 atom stereocenters. The summed E-state index contributed by atoms with van der Waals surface area (Å²) in [6, 6.07) is 6.94. The lowest BCUT2D eigenvalue weighted by Gasteiger charge is -2.14. The van der Waals surface area contributed by atoms with Gasteiger partial charge < -0.3 is 5.73 Å². The molecule has 0 spiro atoms. The van der Waals surface area contributed by atoms with E-state index in [-0.39, 0.29) is 16.7 Å². The van der Waals surface area contributed by atoms with Crippen molar-refractivity contribution in [2.45, 2.75) is 32.7 Å². The average Bonchev–Trinajstić information content (AvgIpc) is 2.25. The van der Waals surface area contributed by atoms with Crippen molar-refractivity contribution in [3.05, 3.63) is 39.9 Å². The van der Waals surface area contributed by atoms with Crippen LogP contribution in [0.25, 0.3) is 0 Å². The molecule has 0 saturated heterocycles. The Labute approximate surface area is 95.6 Å². The van der Waals surface area contributed by atoms with Gasteiger partial charge in [0.1, 0.15) is 0 Å². The van der Waals surface area contributed by atoms with Crippen molar-refractivity contribution >= 4 is 5.69 Å². The van der Waals surface area contributed by atoms with Gasteiger partial charge in [-0.15, -0.1) is 0 Å². The van der Waals surface area contributed by atoms with Crippen LogP contribution in [0.3, 0.4) is 0 Å². The van der Waals surface area contributed by atoms with E-state index in [4.69, 9.17) is 5.73 Å². The number of nitro groups is 1. The highest BCUT2D eigenvalue weighted by atomic mass is 16.6. The van der Waals surface area contributed by atoms with Crippen LogP contribution in [0.1, 0.15) is 25.8 Å². The Morgan fingerprint density at radius 2 is 2.00 bits per heavy atom. The van der Waals surface area contributed by atoms with Gasteiger partial charge in [-0.25, -0.2) is 0 Å². The number of benzene rings is 1. The summed E-state index contributed by atoms with van der Waals surface area (Å²) in [5.74, 6) is 0.405. The first-order valence-corrected chi connectivity index (χ1v) is 5.50. The third kappa shape index (κ3) is 3.31. The smallest absolute Gasteiger partial charge is 0.272 e. The molecule has 4 heteroatoms. The molecule has 88 valence electrons. The summed E-state index contributed by atoms with van der Waals surface area (Å²) in [5.41, 5.74) is 6.88. The van der Waals surface area contributed by atoms with Crippen LogP contribution in [-0.4, -0.2) is 11.0 Å². The SMILES string of the molecule is CC(C)C(N)CCc1ccccc1[N+](=O)[O-]. The quantitative estimate of drug-likeness (QED) is 0.614. The van der Waals surface area contributed by atoms with Crippen LogP contribution >= 0.6 is 0 Å². The molecule has 0 aliphatic heterocycles.